The second kappa shape index (κ2) is 11.5. The summed E-state index contributed by atoms with van der Waals surface area (Å²) in [4.78, 5) is 52.1. The van der Waals surface area contributed by atoms with Crippen molar-refractivity contribution in [2.24, 2.45) is 0 Å². The van der Waals surface area contributed by atoms with Crippen LogP contribution >= 0.6 is 0 Å². The number of nitrogens with zero attached hydrogens (tertiary/aromatic N) is 6. The van der Waals surface area contributed by atoms with Crippen LogP contribution in [0, 0.1) is 0 Å². The van der Waals surface area contributed by atoms with Gasteiger partial charge in [0.05, 0.1) is 11.4 Å². The highest BCUT2D eigenvalue weighted by atomic mass is 16.2. The average molecular weight is 574 g/mol. The summed E-state index contributed by atoms with van der Waals surface area (Å²) in [5.74, 6) is -0.159. The minimum atomic E-state index is -0.418. The standard InChI is InChI=1S/C33H31N7O3/c1-37(24-17-18-24)19-7-12-28(41)38(2)26-10-6-11-27(20-26)40-32-29(31(34)35-21-36-32)39(33(40)43)25-15-13-23(14-16-25)30(42)22-8-4-3-5-9-22/h3-16,20-21,24H,17-19H2,1-2H3,(H2,34,35,36). The van der Waals surface area contributed by atoms with Crippen LogP contribution in [0.4, 0.5) is 11.5 Å². The van der Waals surface area contributed by atoms with E-state index in [1.54, 1.807) is 67.7 Å². The average Bonchev–Trinajstić information content (AvgIpc) is 3.84. The summed E-state index contributed by atoms with van der Waals surface area (Å²) in [5, 5.41) is 0. The third kappa shape index (κ3) is 5.47. The molecule has 6 rings (SSSR count). The molecule has 2 N–H and O–H groups in total. The molecule has 1 fully saturated rings. The van der Waals surface area contributed by atoms with Gasteiger partial charge in [0, 0.05) is 42.5 Å². The van der Waals surface area contributed by atoms with Crippen molar-refractivity contribution in [2.45, 2.75) is 18.9 Å². The number of anilines is 2. The zero-order chi connectivity index (χ0) is 30.1. The molecule has 10 nitrogen and oxygen atoms in total. The fraction of sp³-hybridized carbons (Fsp3) is 0.182. The van der Waals surface area contributed by atoms with Crippen LogP contribution in [0.3, 0.4) is 0 Å². The highest BCUT2D eigenvalue weighted by Crippen LogP contribution is 2.26. The molecule has 2 heterocycles. The van der Waals surface area contributed by atoms with Crippen LogP contribution in [0.15, 0.2) is 102 Å². The maximum Gasteiger partial charge on any atom is 0.339 e. The number of rotatable bonds is 9. The predicted octanol–water partition coefficient (Wildman–Crippen LogP) is 4.00. The predicted molar refractivity (Wildman–Crippen MR) is 167 cm³/mol. The van der Waals surface area contributed by atoms with Gasteiger partial charge in [-0.15, -0.1) is 0 Å². The molecule has 0 radical (unpaired) electrons. The quantitative estimate of drug-likeness (QED) is 0.209. The van der Waals surface area contributed by atoms with Crippen LogP contribution in [0.25, 0.3) is 22.5 Å². The maximum atomic E-state index is 14.0. The second-order valence-corrected chi connectivity index (χ2v) is 10.6. The molecule has 216 valence electrons. The molecule has 1 aliphatic rings. The number of aromatic nitrogens is 4. The summed E-state index contributed by atoms with van der Waals surface area (Å²) in [7, 11) is 3.75. The third-order valence-electron chi connectivity index (χ3n) is 7.70. The summed E-state index contributed by atoms with van der Waals surface area (Å²) in [6.07, 6.45) is 7.16. The van der Waals surface area contributed by atoms with Crippen LogP contribution in [0.5, 0.6) is 0 Å². The van der Waals surface area contributed by atoms with Gasteiger partial charge in [-0.2, -0.15) is 0 Å². The van der Waals surface area contributed by atoms with Crippen molar-refractivity contribution in [3.63, 3.8) is 0 Å². The molecule has 0 unspecified atom stereocenters. The van der Waals surface area contributed by atoms with Crippen molar-refractivity contribution in [1.29, 1.82) is 0 Å². The van der Waals surface area contributed by atoms with E-state index in [0.29, 0.717) is 51.9 Å². The maximum absolute atomic E-state index is 14.0. The van der Waals surface area contributed by atoms with Gasteiger partial charge in [0.2, 0.25) is 5.91 Å². The van der Waals surface area contributed by atoms with E-state index < -0.39 is 5.69 Å². The fourth-order valence-corrected chi connectivity index (χ4v) is 5.10. The molecule has 2 aromatic heterocycles. The number of fused-ring (bicyclic) bond motifs is 1. The number of hydrogen-bond donors (Lipinski definition) is 1. The Morgan fingerprint density at radius 3 is 2.35 bits per heavy atom. The third-order valence-corrected chi connectivity index (χ3v) is 7.70. The van der Waals surface area contributed by atoms with Gasteiger partial charge in [0.25, 0.3) is 0 Å². The molecule has 3 aromatic carbocycles. The van der Waals surface area contributed by atoms with E-state index in [9.17, 15) is 14.4 Å². The summed E-state index contributed by atoms with van der Waals surface area (Å²) < 4.78 is 2.88. The number of hydrogen-bond acceptors (Lipinski definition) is 7. The molecule has 0 bridgehead atoms. The van der Waals surface area contributed by atoms with Crippen LogP contribution in [0.2, 0.25) is 0 Å². The summed E-state index contributed by atoms with van der Waals surface area (Å²) in [6, 6.07) is 23.5. The first-order valence-electron chi connectivity index (χ1n) is 14.0. The lowest BCUT2D eigenvalue weighted by molar-refractivity contribution is -0.113. The van der Waals surface area contributed by atoms with Crippen LogP contribution in [-0.2, 0) is 4.79 Å². The minimum absolute atomic E-state index is 0.120. The second-order valence-electron chi connectivity index (χ2n) is 10.6. The highest BCUT2D eigenvalue weighted by Gasteiger charge is 2.25. The normalized spacial score (nSPS) is 13.2. The molecule has 43 heavy (non-hydrogen) atoms. The van der Waals surface area contributed by atoms with E-state index in [4.69, 9.17) is 5.73 Å². The summed E-state index contributed by atoms with van der Waals surface area (Å²) in [6.45, 7) is 0.710. The van der Waals surface area contributed by atoms with Crippen molar-refractivity contribution in [3.8, 4) is 11.4 Å². The zero-order valence-electron chi connectivity index (χ0n) is 23.9. The van der Waals surface area contributed by atoms with Crippen LogP contribution < -0.4 is 16.3 Å². The number of benzene rings is 3. The number of nitrogens with two attached hydrogens (primary N) is 1. The van der Waals surface area contributed by atoms with Crippen molar-refractivity contribution in [1.82, 2.24) is 24.0 Å². The van der Waals surface area contributed by atoms with Gasteiger partial charge in [0.1, 0.15) is 11.8 Å². The SMILES string of the molecule is CN(C(=O)C=CCN(C)C1CC1)c1cccc(-n2c(=O)n(-c3ccc(C(=O)c4ccccc4)cc3)c3c(N)ncnc32)c1. The van der Waals surface area contributed by atoms with Crippen molar-refractivity contribution in [3.05, 3.63) is 119 Å². The zero-order valence-corrected chi connectivity index (χ0v) is 23.9. The minimum Gasteiger partial charge on any atom is -0.382 e. The Kier molecular flexibility index (Phi) is 7.43. The van der Waals surface area contributed by atoms with E-state index in [2.05, 4.69) is 21.9 Å². The molecule has 1 aliphatic carbocycles. The van der Waals surface area contributed by atoms with Gasteiger partial charge in [0.15, 0.2) is 17.2 Å². The topological polar surface area (TPSA) is 119 Å². The lowest BCUT2D eigenvalue weighted by Crippen LogP contribution is -2.26. The molecule has 10 heteroatoms. The highest BCUT2D eigenvalue weighted by molar-refractivity contribution is 6.09. The van der Waals surface area contributed by atoms with E-state index in [-0.39, 0.29) is 17.5 Å². The van der Waals surface area contributed by atoms with Crippen LogP contribution in [-0.4, -0.2) is 62.4 Å². The van der Waals surface area contributed by atoms with Gasteiger partial charge in [-0.25, -0.2) is 19.3 Å². The molecule has 1 saturated carbocycles. The molecular formula is C33H31N7O3. The van der Waals surface area contributed by atoms with Gasteiger partial charge < -0.3 is 10.6 Å². The van der Waals surface area contributed by atoms with E-state index in [1.165, 1.54) is 33.2 Å². The Bertz CT molecular complexity index is 1910. The first kappa shape index (κ1) is 27.8. The van der Waals surface area contributed by atoms with Gasteiger partial charge in [-0.3, -0.25) is 19.1 Å². The van der Waals surface area contributed by atoms with E-state index in [0.717, 1.165) is 0 Å². The molecule has 0 aliphatic heterocycles. The molecular weight excluding hydrogens is 542 g/mol. The fourth-order valence-electron chi connectivity index (χ4n) is 5.10. The lowest BCUT2D eigenvalue weighted by Gasteiger charge is -2.17. The van der Waals surface area contributed by atoms with Crippen molar-refractivity contribution >= 4 is 34.4 Å². The molecule has 5 aromatic rings. The lowest BCUT2D eigenvalue weighted by atomic mass is 10.0. The Hall–Kier alpha value is -5.35. The largest absolute Gasteiger partial charge is 0.382 e. The Balaban J connectivity index is 1.34. The Labute approximate surface area is 248 Å². The molecule has 0 spiro atoms. The monoisotopic (exact) mass is 573 g/mol. The Morgan fingerprint density at radius 2 is 1.63 bits per heavy atom. The van der Waals surface area contributed by atoms with E-state index >= 15 is 0 Å². The number of carbonyl (C=O) groups excluding carboxylic acids is 2. The number of carbonyl (C=O) groups is 2. The first-order valence-corrected chi connectivity index (χ1v) is 14.0. The van der Waals surface area contributed by atoms with Crippen molar-refractivity contribution < 1.29 is 9.59 Å². The number of imidazole rings is 1. The summed E-state index contributed by atoms with van der Waals surface area (Å²) in [5.41, 5.74) is 9.21. The number of amides is 1. The van der Waals surface area contributed by atoms with E-state index in [1.807, 2.05) is 30.3 Å². The molecule has 0 atom stereocenters. The first-order chi connectivity index (χ1) is 20.8. The smallest absolute Gasteiger partial charge is 0.339 e. The van der Waals surface area contributed by atoms with Crippen LogP contribution in [0.1, 0.15) is 28.8 Å². The number of nitrogen functional groups attached to an aromatic ring is 1. The van der Waals surface area contributed by atoms with Gasteiger partial charge >= 0.3 is 5.69 Å². The van der Waals surface area contributed by atoms with Gasteiger partial charge in [-0.05, 0) is 62.4 Å². The molecule has 0 saturated heterocycles. The van der Waals surface area contributed by atoms with Crippen molar-refractivity contribution in [2.75, 3.05) is 31.3 Å². The Morgan fingerprint density at radius 1 is 0.907 bits per heavy atom. The number of likely N-dealkylation sites (N-methyl/N-ethyl adjacent to an activating group) is 2. The number of ketones is 1. The molecule has 1 amide bonds. The summed E-state index contributed by atoms with van der Waals surface area (Å²) >= 11 is 0. The van der Waals surface area contributed by atoms with Gasteiger partial charge in [-0.1, -0.05) is 42.5 Å².